The Hall–Kier alpha value is -2.19. The molecule has 0 unspecified atom stereocenters. The molecule has 1 aliphatic carbocycles. The van der Waals surface area contributed by atoms with Crippen LogP contribution in [0.4, 0.5) is 0 Å². The third-order valence-electron chi connectivity index (χ3n) is 4.70. The summed E-state index contributed by atoms with van der Waals surface area (Å²) in [5, 5.41) is 19.3. The van der Waals surface area contributed by atoms with Gasteiger partial charge in [0.2, 0.25) is 0 Å². The lowest BCUT2D eigenvalue weighted by Crippen LogP contribution is -2.35. The van der Waals surface area contributed by atoms with Crippen LogP contribution >= 0.6 is 11.3 Å². The van der Waals surface area contributed by atoms with Crippen molar-refractivity contribution in [3.63, 3.8) is 0 Å². The van der Waals surface area contributed by atoms with Crippen LogP contribution in [-0.2, 0) is 25.9 Å². The van der Waals surface area contributed by atoms with E-state index in [0.717, 1.165) is 47.7 Å². The lowest BCUT2D eigenvalue weighted by Gasteiger charge is -2.24. The largest absolute Gasteiger partial charge is 0.476 e. The van der Waals surface area contributed by atoms with Crippen LogP contribution in [0.5, 0.6) is 0 Å². The van der Waals surface area contributed by atoms with Crippen LogP contribution in [0.15, 0.2) is 17.8 Å². The molecule has 0 amide bonds. The van der Waals surface area contributed by atoms with Gasteiger partial charge >= 0.3 is 5.97 Å². The van der Waals surface area contributed by atoms with E-state index in [1.807, 2.05) is 26.9 Å². The molecule has 4 rings (SSSR count). The quantitative estimate of drug-likeness (QED) is 0.706. The molecule has 0 spiro atoms. The van der Waals surface area contributed by atoms with E-state index in [-0.39, 0.29) is 11.7 Å². The minimum atomic E-state index is -0.930. The lowest BCUT2D eigenvalue weighted by atomic mass is 9.91. The minimum Gasteiger partial charge on any atom is -0.476 e. The summed E-state index contributed by atoms with van der Waals surface area (Å²) in [4.78, 5) is 17.1. The highest BCUT2D eigenvalue weighted by Gasteiger charge is 2.28. The number of aromatic nitrogens is 4. The maximum Gasteiger partial charge on any atom is 0.356 e. The molecular formula is C17H21N5O2S. The van der Waals surface area contributed by atoms with E-state index in [1.165, 1.54) is 0 Å². The summed E-state index contributed by atoms with van der Waals surface area (Å²) in [6.07, 6.45) is 7.56. The SMILES string of the molecule is CCCn1nc(C(=O)O)c2c1CC[C@@H](NCc1cn3ccsc3n1)C2. The van der Waals surface area contributed by atoms with Gasteiger partial charge < -0.3 is 10.4 Å². The molecule has 132 valence electrons. The van der Waals surface area contributed by atoms with Gasteiger partial charge in [0.15, 0.2) is 10.7 Å². The first-order valence-electron chi connectivity index (χ1n) is 8.62. The first-order valence-corrected chi connectivity index (χ1v) is 9.50. The highest BCUT2D eigenvalue weighted by molar-refractivity contribution is 7.15. The third-order valence-corrected chi connectivity index (χ3v) is 5.47. The van der Waals surface area contributed by atoms with Gasteiger partial charge in [-0.3, -0.25) is 9.08 Å². The first kappa shape index (κ1) is 16.3. The number of aryl methyl sites for hydroxylation is 1. The average Bonchev–Trinajstić information content (AvgIpc) is 3.26. The Kier molecular flexibility index (Phi) is 4.30. The smallest absolute Gasteiger partial charge is 0.356 e. The van der Waals surface area contributed by atoms with Crippen LogP contribution < -0.4 is 5.32 Å². The lowest BCUT2D eigenvalue weighted by molar-refractivity contribution is 0.0688. The van der Waals surface area contributed by atoms with E-state index in [9.17, 15) is 9.90 Å². The number of fused-ring (bicyclic) bond motifs is 2. The van der Waals surface area contributed by atoms with Crippen LogP contribution in [0.25, 0.3) is 4.96 Å². The van der Waals surface area contributed by atoms with Crippen molar-refractivity contribution in [1.29, 1.82) is 0 Å². The van der Waals surface area contributed by atoms with Gasteiger partial charge in [0.1, 0.15) is 0 Å². The highest BCUT2D eigenvalue weighted by Crippen LogP contribution is 2.25. The van der Waals surface area contributed by atoms with Gasteiger partial charge in [-0.05, 0) is 25.7 Å². The van der Waals surface area contributed by atoms with Gasteiger partial charge in [-0.2, -0.15) is 5.10 Å². The van der Waals surface area contributed by atoms with Crippen molar-refractivity contribution in [2.45, 2.75) is 51.7 Å². The Bertz CT molecular complexity index is 881. The number of aromatic carboxylic acids is 1. The number of hydrogen-bond donors (Lipinski definition) is 2. The molecular weight excluding hydrogens is 338 g/mol. The normalized spacial score (nSPS) is 17.1. The molecule has 0 radical (unpaired) electrons. The second kappa shape index (κ2) is 6.61. The maximum absolute atomic E-state index is 11.5. The number of nitrogens with one attached hydrogen (secondary N) is 1. The summed E-state index contributed by atoms with van der Waals surface area (Å²) in [5.41, 5.74) is 3.23. The highest BCUT2D eigenvalue weighted by atomic mass is 32.1. The summed E-state index contributed by atoms with van der Waals surface area (Å²) in [6.45, 7) is 3.55. The standard InChI is InChI=1S/C17H21N5O2S/c1-2-5-22-14-4-3-11(8-13(14)15(20-22)16(23)24)18-9-12-10-21-6-7-25-17(21)19-12/h6-7,10-11,18H,2-5,8-9H2,1H3,(H,23,24)/t11-/m1/s1. The molecule has 0 bridgehead atoms. The van der Waals surface area contributed by atoms with Crippen molar-refractivity contribution in [2.75, 3.05) is 0 Å². The Morgan fingerprint density at radius 3 is 3.16 bits per heavy atom. The summed E-state index contributed by atoms with van der Waals surface area (Å²) in [7, 11) is 0. The van der Waals surface area contributed by atoms with E-state index in [0.29, 0.717) is 13.0 Å². The molecule has 8 heteroatoms. The van der Waals surface area contributed by atoms with Gasteiger partial charge in [0, 0.05) is 48.2 Å². The molecule has 0 aliphatic heterocycles. The maximum atomic E-state index is 11.5. The Morgan fingerprint density at radius 2 is 2.40 bits per heavy atom. The van der Waals surface area contributed by atoms with E-state index >= 15 is 0 Å². The average molecular weight is 359 g/mol. The van der Waals surface area contributed by atoms with Crippen LogP contribution in [0.1, 0.15) is 47.2 Å². The summed E-state index contributed by atoms with van der Waals surface area (Å²) in [5.74, 6) is -0.930. The molecule has 0 saturated carbocycles. The molecule has 0 saturated heterocycles. The number of hydrogen-bond acceptors (Lipinski definition) is 5. The fourth-order valence-electron chi connectivity index (χ4n) is 3.54. The summed E-state index contributed by atoms with van der Waals surface area (Å²) < 4.78 is 3.91. The zero-order chi connectivity index (χ0) is 17.4. The molecule has 3 aromatic heterocycles. The Balaban J connectivity index is 1.48. The predicted molar refractivity (Wildman–Crippen MR) is 95.2 cm³/mol. The fourth-order valence-corrected chi connectivity index (χ4v) is 4.26. The number of rotatable bonds is 6. The molecule has 3 heterocycles. The monoisotopic (exact) mass is 359 g/mol. The van der Waals surface area contributed by atoms with E-state index in [1.54, 1.807) is 11.3 Å². The molecule has 7 nitrogen and oxygen atoms in total. The zero-order valence-corrected chi connectivity index (χ0v) is 14.9. The van der Waals surface area contributed by atoms with Crippen LogP contribution in [0.2, 0.25) is 0 Å². The van der Waals surface area contributed by atoms with Gasteiger partial charge in [-0.1, -0.05) is 6.92 Å². The van der Waals surface area contributed by atoms with Crippen molar-refractivity contribution in [3.05, 3.63) is 40.4 Å². The number of carbonyl (C=O) groups is 1. The van der Waals surface area contributed by atoms with Crippen molar-refractivity contribution >= 4 is 22.3 Å². The van der Waals surface area contributed by atoms with Crippen LogP contribution in [0, 0.1) is 0 Å². The number of thiazole rings is 1. The van der Waals surface area contributed by atoms with E-state index in [4.69, 9.17) is 0 Å². The fraction of sp³-hybridized carbons (Fsp3) is 0.471. The molecule has 25 heavy (non-hydrogen) atoms. The van der Waals surface area contributed by atoms with Gasteiger partial charge in [-0.25, -0.2) is 9.78 Å². The first-order chi connectivity index (χ1) is 12.2. The number of carboxylic acids is 1. The predicted octanol–water partition coefficient (Wildman–Crippen LogP) is 2.35. The van der Waals surface area contributed by atoms with Gasteiger partial charge in [0.25, 0.3) is 0 Å². The minimum absolute atomic E-state index is 0.220. The number of imidazole rings is 1. The third kappa shape index (κ3) is 3.07. The molecule has 1 aliphatic rings. The van der Waals surface area contributed by atoms with Crippen LogP contribution in [0.3, 0.4) is 0 Å². The van der Waals surface area contributed by atoms with Gasteiger partial charge in [0.05, 0.1) is 5.69 Å². The molecule has 0 fully saturated rings. The van der Waals surface area contributed by atoms with Gasteiger partial charge in [-0.15, -0.1) is 11.3 Å². The second-order valence-corrected chi connectivity index (χ2v) is 7.32. The summed E-state index contributed by atoms with van der Waals surface area (Å²) in [6, 6.07) is 0.254. The van der Waals surface area contributed by atoms with Crippen molar-refractivity contribution < 1.29 is 9.90 Å². The van der Waals surface area contributed by atoms with E-state index < -0.39 is 5.97 Å². The Labute approximate surface area is 149 Å². The zero-order valence-electron chi connectivity index (χ0n) is 14.1. The number of nitrogens with zero attached hydrogens (tertiary/aromatic N) is 4. The number of carboxylic acid groups (broad SMARTS) is 1. The Morgan fingerprint density at radius 1 is 1.52 bits per heavy atom. The van der Waals surface area contributed by atoms with Crippen molar-refractivity contribution in [3.8, 4) is 0 Å². The second-order valence-electron chi connectivity index (χ2n) is 6.45. The topological polar surface area (TPSA) is 84.5 Å². The van der Waals surface area contributed by atoms with Crippen molar-refractivity contribution in [2.24, 2.45) is 0 Å². The molecule has 2 N–H and O–H groups in total. The summed E-state index contributed by atoms with van der Waals surface area (Å²) >= 11 is 1.62. The van der Waals surface area contributed by atoms with Crippen molar-refractivity contribution in [1.82, 2.24) is 24.5 Å². The molecule has 3 aromatic rings. The van der Waals surface area contributed by atoms with Crippen LogP contribution in [-0.4, -0.2) is 36.3 Å². The molecule has 1 atom stereocenters. The molecule has 0 aromatic carbocycles. The van der Waals surface area contributed by atoms with E-state index in [2.05, 4.69) is 22.3 Å².